The van der Waals surface area contributed by atoms with Gasteiger partial charge in [0.1, 0.15) is 0 Å². The highest BCUT2D eigenvalue weighted by Gasteiger charge is 2.21. The maximum Gasteiger partial charge on any atom is 0.358 e. The van der Waals surface area contributed by atoms with Gasteiger partial charge in [0.25, 0.3) is 0 Å². The first-order chi connectivity index (χ1) is 5.90. The van der Waals surface area contributed by atoms with Gasteiger partial charge >= 0.3 is 5.97 Å². The van der Waals surface area contributed by atoms with Crippen molar-refractivity contribution < 1.29 is 9.90 Å². The largest absolute Gasteiger partial charge is 0.476 e. The number of nitrogens with one attached hydrogen (secondary N) is 1. The van der Waals surface area contributed by atoms with Crippen LogP contribution in [0.2, 0.25) is 0 Å². The van der Waals surface area contributed by atoms with Crippen LogP contribution in [-0.4, -0.2) is 32.0 Å². The molecule has 0 unspecified atom stereocenters. The van der Waals surface area contributed by atoms with Gasteiger partial charge in [0.2, 0.25) is 0 Å². The van der Waals surface area contributed by atoms with Crippen molar-refractivity contribution in [3.63, 3.8) is 0 Å². The highest BCUT2D eigenvalue weighted by molar-refractivity contribution is 5.86. The summed E-state index contributed by atoms with van der Waals surface area (Å²) >= 11 is 0. The molecule has 0 saturated heterocycles. The fourth-order valence-corrected chi connectivity index (χ4v) is 0.979. The second-order valence-corrected chi connectivity index (χ2v) is 3.59. The zero-order valence-corrected chi connectivity index (χ0v) is 7.53. The second kappa shape index (κ2) is 3.14. The summed E-state index contributed by atoms with van der Waals surface area (Å²) in [5.41, 5.74) is 5.57. The van der Waals surface area contributed by atoms with Crippen LogP contribution in [0.25, 0.3) is 0 Å². The minimum Gasteiger partial charge on any atom is -0.476 e. The maximum atomic E-state index is 10.6. The zero-order chi connectivity index (χ0) is 10.1. The zero-order valence-electron chi connectivity index (χ0n) is 7.53. The standard InChI is InChI=1S/C7H12N4O2/c1-7(2,8)3-4-5(6(12)13)10-11-9-4/h3,8H2,1-2H3,(H,12,13)(H,9,10,11). The maximum absolute atomic E-state index is 10.6. The molecule has 1 rings (SSSR count). The highest BCUT2D eigenvalue weighted by atomic mass is 16.4. The molecule has 0 fully saturated rings. The smallest absolute Gasteiger partial charge is 0.358 e. The van der Waals surface area contributed by atoms with Crippen molar-refractivity contribution in [2.24, 2.45) is 5.73 Å². The molecule has 0 aliphatic rings. The monoisotopic (exact) mass is 184 g/mol. The first kappa shape index (κ1) is 9.66. The van der Waals surface area contributed by atoms with Crippen LogP contribution in [0.3, 0.4) is 0 Å². The van der Waals surface area contributed by atoms with Crippen molar-refractivity contribution in [2.75, 3.05) is 0 Å². The van der Waals surface area contributed by atoms with Gasteiger partial charge in [-0.2, -0.15) is 10.3 Å². The molecule has 4 N–H and O–H groups in total. The quantitative estimate of drug-likeness (QED) is 0.602. The lowest BCUT2D eigenvalue weighted by atomic mass is 9.99. The van der Waals surface area contributed by atoms with Crippen molar-refractivity contribution in [3.05, 3.63) is 11.4 Å². The van der Waals surface area contributed by atoms with Crippen molar-refractivity contribution in [3.8, 4) is 0 Å². The molecule has 0 aromatic carbocycles. The van der Waals surface area contributed by atoms with Crippen molar-refractivity contribution in [1.29, 1.82) is 0 Å². The summed E-state index contributed by atoms with van der Waals surface area (Å²) in [5, 5.41) is 18.2. The van der Waals surface area contributed by atoms with E-state index in [2.05, 4.69) is 15.4 Å². The number of nitrogens with zero attached hydrogens (tertiary/aromatic N) is 2. The molecule has 0 radical (unpaired) electrons. The van der Waals surface area contributed by atoms with E-state index in [0.29, 0.717) is 12.1 Å². The first-order valence-corrected chi connectivity index (χ1v) is 3.82. The lowest BCUT2D eigenvalue weighted by Crippen LogP contribution is -2.35. The van der Waals surface area contributed by atoms with Crippen LogP contribution < -0.4 is 5.73 Å². The third-order valence-corrected chi connectivity index (χ3v) is 1.45. The van der Waals surface area contributed by atoms with Gasteiger partial charge in [-0.05, 0) is 13.8 Å². The molecule has 13 heavy (non-hydrogen) atoms. The fraction of sp³-hybridized carbons (Fsp3) is 0.571. The highest BCUT2D eigenvalue weighted by Crippen LogP contribution is 2.09. The molecule has 0 amide bonds. The van der Waals surface area contributed by atoms with E-state index in [1.807, 2.05) is 0 Å². The van der Waals surface area contributed by atoms with Gasteiger partial charge in [-0.15, -0.1) is 5.10 Å². The summed E-state index contributed by atoms with van der Waals surface area (Å²) < 4.78 is 0. The van der Waals surface area contributed by atoms with Crippen molar-refractivity contribution in [1.82, 2.24) is 15.4 Å². The van der Waals surface area contributed by atoms with Gasteiger partial charge in [-0.3, -0.25) is 0 Å². The number of H-pyrrole nitrogens is 1. The summed E-state index contributed by atoms with van der Waals surface area (Å²) in [6.07, 6.45) is 0.380. The number of carboxylic acid groups (broad SMARTS) is 1. The van der Waals surface area contributed by atoms with E-state index < -0.39 is 11.5 Å². The molecule has 0 aliphatic carbocycles. The first-order valence-electron chi connectivity index (χ1n) is 3.82. The SMILES string of the molecule is CC(C)(N)Cc1n[nH]nc1C(=O)O. The number of nitrogens with two attached hydrogens (primary N) is 1. The topological polar surface area (TPSA) is 105 Å². The summed E-state index contributed by atoms with van der Waals surface area (Å²) in [6, 6.07) is 0. The van der Waals surface area contributed by atoms with Crippen LogP contribution in [0.5, 0.6) is 0 Å². The minimum absolute atomic E-state index is 0.0569. The lowest BCUT2D eigenvalue weighted by Gasteiger charge is -2.16. The molecule has 0 spiro atoms. The Morgan fingerprint density at radius 3 is 2.69 bits per heavy atom. The number of rotatable bonds is 3. The molecule has 0 bridgehead atoms. The summed E-state index contributed by atoms with van der Waals surface area (Å²) in [7, 11) is 0. The molecule has 0 aliphatic heterocycles. The van der Waals surface area contributed by atoms with Gasteiger partial charge < -0.3 is 10.8 Å². The van der Waals surface area contributed by atoms with Crippen LogP contribution >= 0.6 is 0 Å². The normalized spacial score (nSPS) is 11.6. The number of hydrogen-bond donors (Lipinski definition) is 3. The minimum atomic E-state index is -1.09. The van der Waals surface area contributed by atoms with Crippen molar-refractivity contribution >= 4 is 5.97 Å². The average Bonchev–Trinajstić information content (AvgIpc) is 2.31. The molecule has 0 atom stereocenters. The van der Waals surface area contributed by atoms with E-state index in [-0.39, 0.29) is 5.69 Å². The number of carboxylic acids is 1. The van der Waals surface area contributed by atoms with Gasteiger partial charge in [0, 0.05) is 12.0 Å². The Balaban J connectivity index is 2.89. The molecule has 1 aromatic heterocycles. The Hall–Kier alpha value is -1.43. The second-order valence-electron chi connectivity index (χ2n) is 3.59. The van der Waals surface area contributed by atoms with Gasteiger partial charge in [0.15, 0.2) is 5.69 Å². The lowest BCUT2D eigenvalue weighted by molar-refractivity contribution is 0.0689. The molecule has 72 valence electrons. The number of carbonyl (C=O) groups is 1. The molecule has 0 saturated carbocycles. The molecule has 6 heteroatoms. The number of aromatic carboxylic acids is 1. The Labute approximate surface area is 75.1 Å². The number of aromatic amines is 1. The van der Waals surface area contributed by atoms with Gasteiger partial charge in [0.05, 0.1) is 5.69 Å². The fourth-order valence-electron chi connectivity index (χ4n) is 0.979. The predicted molar refractivity (Wildman–Crippen MR) is 45.3 cm³/mol. The molecular formula is C7H12N4O2. The average molecular weight is 184 g/mol. The van der Waals surface area contributed by atoms with Crippen LogP contribution in [-0.2, 0) is 6.42 Å². The number of aromatic nitrogens is 3. The van der Waals surface area contributed by atoms with Crippen LogP contribution in [0.4, 0.5) is 0 Å². The summed E-state index contributed by atoms with van der Waals surface area (Å²) in [5.74, 6) is -1.09. The summed E-state index contributed by atoms with van der Waals surface area (Å²) in [6.45, 7) is 3.60. The van der Waals surface area contributed by atoms with E-state index in [0.717, 1.165) is 0 Å². The van der Waals surface area contributed by atoms with E-state index in [1.54, 1.807) is 13.8 Å². The van der Waals surface area contributed by atoms with Crippen LogP contribution in [0, 0.1) is 0 Å². The Morgan fingerprint density at radius 2 is 2.23 bits per heavy atom. The van der Waals surface area contributed by atoms with Gasteiger partial charge in [-0.25, -0.2) is 4.79 Å². The van der Waals surface area contributed by atoms with Crippen LogP contribution in [0.1, 0.15) is 30.0 Å². The molecule has 1 heterocycles. The molecular weight excluding hydrogens is 172 g/mol. The number of hydrogen-bond acceptors (Lipinski definition) is 4. The third kappa shape index (κ3) is 2.51. The third-order valence-electron chi connectivity index (χ3n) is 1.45. The van der Waals surface area contributed by atoms with E-state index in [9.17, 15) is 4.79 Å². The summed E-state index contributed by atoms with van der Waals surface area (Å²) in [4.78, 5) is 10.6. The van der Waals surface area contributed by atoms with Crippen LogP contribution in [0.15, 0.2) is 0 Å². The Kier molecular flexibility index (Phi) is 2.33. The predicted octanol–water partition coefficient (Wildman–Crippen LogP) is -0.217. The van der Waals surface area contributed by atoms with E-state index in [4.69, 9.17) is 10.8 Å². The molecule has 6 nitrogen and oxygen atoms in total. The Morgan fingerprint density at radius 1 is 1.62 bits per heavy atom. The van der Waals surface area contributed by atoms with Gasteiger partial charge in [-0.1, -0.05) is 0 Å². The van der Waals surface area contributed by atoms with Crippen molar-refractivity contribution in [2.45, 2.75) is 25.8 Å². The molecule has 1 aromatic rings. The van der Waals surface area contributed by atoms with E-state index >= 15 is 0 Å². The Bertz CT molecular complexity index is 313. The van der Waals surface area contributed by atoms with E-state index in [1.165, 1.54) is 0 Å².